The standard InChI is InChI=1S/C33H35F3N4O2/c1-4-39-13-15-40(16-14-39)21-27-8-6-23(17-29(27)33(34,35)36)18-30(41)25-7-5-22(2)24(19-25)9-10-26-20-38-32-28(11-12-37-32)31(26)42-3/h5-12,17,19-20H,4,13-16,18,21H2,1-3H3,(H,37,38)/b10-9+. The van der Waals surface area contributed by atoms with Gasteiger partial charge in [-0.3, -0.25) is 9.69 Å². The second kappa shape index (κ2) is 12.5. The summed E-state index contributed by atoms with van der Waals surface area (Å²) in [6.45, 7) is 8.39. The molecule has 1 aliphatic heterocycles. The van der Waals surface area contributed by atoms with Crippen LogP contribution in [0.25, 0.3) is 23.2 Å². The summed E-state index contributed by atoms with van der Waals surface area (Å²) in [7, 11) is 1.61. The zero-order valence-electron chi connectivity index (χ0n) is 24.1. The van der Waals surface area contributed by atoms with Crippen molar-refractivity contribution in [2.24, 2.45) is 0 Å². The molecule has 0 unspecified atom stereocenters. The Balaban J connectivity index is 1.33. The summed E-state index contributed by atoms with van der Waals surface area (Å²) in [5, 5.41) is 0.864. The molecule has 9 heteroatoms. The molecule has 0 radical (unpaired) electrons. The predicted molar refractivity (Wildman–Crippen MR) is 160 cm³/mol. The van der Waals surface area contributed by atoms with E-state index in [0.717, 1.165) is 66.5 Å². The largest absolute Gasteiger partial charge is 0.495 e. The number of halogens is 3. The van der Waals surface area contributed by atoms with Crippen molar-refractivity contribution in [1.29, 1.82) is 0 Å². The summed E-state index contributed by atoms with van der Waals surface area (Å²) in [6, 6.07) is 11.6. The van der Waals surface area contributed by atoms with Crippen LogP contribution in [-0.2, 0) is 19.1 Å². The molecule has 0 spiro atoms. The SMILES string of the molecule is CCN1CCN(Cc2ccc(CC(=O)c3ccc(C)c(/C=C/c4cnc5[nH]ccc5c4OC)c3)cc2C(F)(F)F)CC1. The minimum atomic E-state index is -4.50. The Morgan fingerprint density at radius 3 is 2.48 bits per heavy atom. The van der Waals surface area contributed by atoms with Gasteiger partial charge >= 0.3 is 6.18 Å². The van der Waals surface area contributed by atoms with Gasteiger partial charge in [-0.25, -0.2) is 4.98 Å². The number of alkyl halides is 3. The second-order valence-electron chi connectivity index (χ2n) is 10.7. The number of hydrogen-bond donors (Lipinski definition) is 1. The first-order valence-corrected chi connectivity index (χ1v) is 14.1. The molecule has 0 atom stereocenters. The number of pyridine rings is 1. The summed E-state index contributed by atoms with van der Waals surface area (Å²) in [6.07, 6.45) is 2.66. The van der Waals surface area contributed by atoms with E-state index < -0.39 is 11.7 Å². The summed E-state index contributed by atoms with van der Waals surface area (Å²) >= 11 is 0. The van der Waals surface area contributed by atoms with Gasteiger partial charge in [-0.15, -0.1) is 0 Å². The number of rotatable bonds is 9. The fraction of sp³-hybridized carbons (Fsp3) is 0.333. The van der Waals surface area contributed by atoms with Gasteiger partial charge in [0.05, 0.1) is 18.1 Å². The van der Waals surface area contributed by atoms with E-state index in [1.54, 1.807) is 37.7 Å². The van der Waals surface area contributed by atoms with Crippen LogP contribution in [0.3, 0.4) is 0 Å². The maximum atomic E-state index is 14.1. The van der Waals surface area contributed by atoms with E-state index in [0.29, 0.717) is 16.9 Å². The van der Waals surface area contributed by atoms with Crippen molar-refractivity contribution >= 4 is 29.0 Å². The van der Waals surface area contributed by atoms with Crippen LogP contribution in [0.5, 0.6) is 5.75 Å². The predicted octanol–water partition coefficient (Wildman–Crippen LogP) is 6.63. The summed E-state index contributed by atoms with van der Waals surface area (Å²) in [4.78, 5) is 25.1. The van der Waals surface area contributed by atoms with Crippen molar-refractivity contribution in [1.82, 2.24) is 19.8 Å². The van der Waals surface area contributed by atoms with E-state index in [2.05, 4.69) is 26.7 Å². The molecule has 0 bridgehead atoms. The number of aromatic nitrogens is 2. The Morgan fingerprint density at radius 1 is 1.02 bits per heavy atom. The molecule has 0 saturated carbocycles. The van der Waals surface area contributed by atoms with E-state index in [1.807, 2.05) is 31.2 Å². The number of fused-ring (bicyclic) bond motifs is 1. The van der Waals surface area contributed by atoms with Gasteiger partial charge in [-0.1, -0.05) is 37.3 Å². The lowest BCUT2D eigenvalue weighted by Crippen LogP contribution is -2.45. The number of aromatic amines is 1. The normalized spacial score (nSPS) is 15.1. The number of carbonyl (C=O) groups is 1. The molecule has 4 aromatic rings. The first-order valence-electron chi connectivity index (χ1n) is 14.1. The Kier molecular flexibility index (Phi) is 8.80. The number of ether oxygens (including phenoxy) is 1. The fourth-order valence-electron chi connectivity index (χ4n) is 5.45. The molecule has 3 heterocycles. The highest BCUT2D eigenvalue weighted by Crippen LogP contribution is 2.34. The smallest absolute Gasteiger partial charge is 0.416 e. The van der Waals surface area contributed by atoms with Crippen LogP contribution in [0.1, 0.15) is 50.7 Å². The lowest BCUT2D eigenvalue weighted by molar-refractivity contribution is -0.138. The molecule has 5 rings (SSSR count). The number of H-pyrrole nitrogens is 1. The molecule has 220 valence electrons. The van der Waals surface area contributed by atoms with Crippen LogP contribution in [-0.4, -0.2) is 65.4 Å². The highest BCUT2D eigenvalue weighted by Gasteiger charge is 2.34. The van der Waals surface area contributed by atoms with Gasteiger partial charge in [-0.2, -0.15) is 13.2 Å². The van der Waals surface area contributed by atoms with Gasteiger partial charge in [0.15, 0.2) is 5.78 Å². The van der Waals surface area contributed by atoms with Crippen molar-refractivity contribution < 1.29 is 22.7 Å². The quantitative estimate of drug-likeness (QED) is 0.227. The van der Waals surface area contributed by atoms with Crippen molar-refractivity contribution in [3.05, 3.63) is 93.8 Å². The van der Waals surface area contributed by atoms with E-state index in [9.17, 15) is 18.0 Å². The Bertz CT molecular complexity index is 1600. The van der Waals surface area contributed by atoms with Gasteiger partial charge < -0.3 is 14.6 Å². The zero-order valence-corrected chi connectivity index (χ0v) is 24.1. The van der Waals surface area contributed by atoms with E-state index >= 15 is 0 Å². The molecule has 0 aliphatic carbocycles. The third kappa shape index (κ3) is 6.58. The number of benzene rings is 2. The summed E-state index contributed by atoms with van der Waals surface area (Å²) in [5.41, 5.74) is 3.66. The maximum absolute atomic E-state index is 14.1. The van der Waals surface area contributed by atoms with E-state index in [-0.39, 0.29) is 24.3 Å². The molecule has 1 fully saturated rings. The number of methoxy groups -OCH3 is 1. The van der Waals surface area contributed by atoms with E-state index in [4.69, 9.17) is 4.74 Å². The lowest BCUT2D eigenvalue weighted by atomic mass is 9.95. The zero-order chi connectivity index (χ0) is 29.9. The number of nitrogens with one attached hydrogen (secondary N) is 1. The second-order valence-corrected chi connectivity index (χ2v) is 10.7. The Hall–Kier alpha value is -3.95. The first kappa shape index (κ1) is 29.5. The molecule has 0 amide bonds. The molecule has 2 aromatic heterocycles. The average Bonchev–Trinajstić information content (AvgIpc) is 3.46. The monoisotopic (exact) mass is 576 g/mol. The van der Waals surface area contributed by atoms with Crippen LogP contribution in [0.15, 0.2) is 54.9 Å². The minimum absolute atomic E-state index is 0.118. The Morgan fingerprint density at radius 2 is 1.76 bits per heavy atom. The van der Waals surface area contributed by atoms with Gasteiger partial charge in [0.1, 0.15) is 11.4 Å². The molecule has 1 saturated heterocycles. The summed E-state index contributed by atoms with van der Waals surface area (Å²) < 4.78 is 47.8. The topological polar surface area (TPSA) is 61.5 Å². The van der Waals surface area contributed by atoms with Gasteiger partial charge in [0, 0.05) is 62.7 Å². The van der Waals surface area contributed by atoms with Crippen molar-refractivity contribution in [3.8, 4) is 5.75 Å². The highest BCUT2D eigenvalue weighted by atomic mass is 19.4. The third-order valence-corrected chi connectivity index (χ3v) is 7.96. The number of piperazine rings is 1. The van der Waals surface area contributed by atoms with Crippen LogP contribution >= 0.6 is 0 Å². The number of hydrogen-bond acceptors (Lipinski definition) is 5. The minimum Gasteiger partial charge on any atom is -0.495 e. The van der Waals surface area contributed by atoms with Gasteiger partial charge in [0.2, 0.25) is 0 Å². The van der Waals surface area contributed by atoms with E-state index in [1.165, 1.54) is 6.07 Å². The number of likely N-dealkylation sites (N-methyl/N-ethyl adjacent to an activating group) is 1. The Labute approximate surface area is 243 Å². The number of ketones is 1. The first-order chi connectivity index (χ1) is 20.2. The molecule has 1 aliphatic rings. The molecular formula is C33H35F3N4O2. The maximum Gasteiger partial charge on any atom is 0.416 e. The lowest BCUT2D eigenvalue weighted by Gasteiger charge is -2.34. The number of nitrogens with zero attached hydrogens (tertiary/aromatic N) is 3. The molecular weight excluding hydrogens is 541 g/mol. The van der Waals surface area contributed by atoms with Crippen LogP contribution in [0.2, 0.25) is 0 Å². The van der Waals surface area contributed by atoms with Crippen molar-refractivity contribution in [2.75, 3.05) is 39.8 Å². The number of aryl methyl sites for hydroxylation is 1. The summed E-state index contributed by atoms with van der Waals surface area (Å²) in [5.74, 6) is 0.448. The van der Waals surface area contributed by atoms with Crippen molar-refractivity contribution in [3.63, 3.8) is 0 Å². The molecule has 1 N–H and O–H groups in total. The molecule has 2 aromatic carbocycles. The number of carbonyl (C=O) groups excluding carboxylic acids is 1. The van der Waals surface area contributed by atoms with Crippen LogP contribution in [0, 0.1) is 6.92 Å². The van der Waals surface area contributed by atoms with Crippen molar-refractivity contribution in [2.45, 2.75) is 33.0 Å². The molecule has 6 nitrogen and oxygen atoms in total. The fourth-order valence-corrected chi connectivity index (χ4v) is 5.45. The van der Waals surface area contributed by atoms with Gasteiger partial charge in [-0.05, 0) is 60.0 Å². The van der Waals surface area contributed by atoms with Crippen LogP contribution in [0.4, 0.5) is 13.2 Å². The van der Waals surface area contributed by atoms with Gasteiger partial charge in [0.25, 0.3) is 0 Å². The molecule has 42 heavy (non-hydrogen) atoms. The third-order valence-electron chi connectivity index (χ3n) is 7.96. The number of Topliss-reactive ketones (excluding diaryl/α,β-unsaturated/α-hetero) is 1. The van der Waals surface area contributed by atoms with Crippen LogP contribution < -0.4 is 4.74 Å². The average molecular weight is 577 g/mol. The highest BCUT2D eigenvalue weighted by molar-refractivity contribution is 5.98.